The highest BCUT2D eigenvalue weighted by molar-refractivity contribution is 7.99. The fourth-order valence-electron chi connectivity index (χ4n) is 2.60. The van der Waals surface area contributed by atoms with E-state index in [0.717, 1.165) is 5.75 Å². The summed E-state index contributed by atoms with van der Waals surface area (Å²) < 4.78 is 28.3. The van der Waals surface area contributed by atoms with Crippen LogP contribution in [-0.4, -0.2) is 67.4 Å². The van der Waals surface area contributed by atoms with Gasteiger partial charge in [-0.3, -0.25) is 9.59 Å². The molecule has 1 fully saturated rings. The zero-order valence-electron chi connectivity index (χ0n) is 15.6. The van der Waals surface area contributed by atoms with Crippen LogP contribution in [0.2, 0.25) is 0 Å². The van der Waals surface area contributed by atoms with Crippen molar-refractivity contribution in [3.8, 4) is 0 Å². The maximum absolute atomic E-state index is 11.6. The van der Waals surface area contributed by atoms with Gasteiger partial charge in [0, 0.05) is 13.8 Å². The molecule has 1 rings (SSSR count). The zero-order chi connectivity index (χ0) is 19.5. The minimum atomic E-state index is -0.782. The summed E-state index contributed by atoms with van der Waals surface area (Å²) in [5, 5.41) is 0. The summed E-state index contributed by atoms with van der Waals surface area (Å²) in [5.41, 5.74) is -0.470. The molecule has 1 aliphatic heterocycles. The van der Waals surface area contributed by atoms with Crippen LogP contribution in [0.3, 0.4) is 0 Å². The Balaban J connectivity index is 3.13. The Morgan fingerprint density at radius 1 is 1.04 bits per heavy atom. The van der Waals surface area contributed by atoms with Crippen molar-refractivity contribution in [2.24, 2.45) is 0 Å². The van der Waals surface area contributed by atoms with Crippen molar-refractivity contribution in [2.75, 3.05) is 25.6 Å². The van der Waals surface area contributed by atoms with Gasteiger partial charge in [0.1, 0.15) is 17.6 Å². The molecule has 0 unspecified atom stereocenters. The second kappa shape index (κ2) is 12.1. The summed E-state index contributed by atoms with van der Waals surface area (Å²) in [6, 6.07) is 0. The highest BCUT2D eigenvalue weighted by Crippen LogP contribution is 2.34. The molecule has 0 amide bonds. The van der Waals surface area contributed by atoms with E-state index in [1.165, 1.54) is 25.6 Å². The highest BCUT2D eigenvalue weighted by atomic mass is 32.2. The molecule has 0 radical (unpaired) electrons. The van der Waals surface area contributed by atoms with E-state index in [-0.39, 0.29) is 13.2 Å². The van der Waals surface area contributed by atoms with Gasteiger partial charge < -0.3 is 23.7 Å². The third kappa shape index (κ3) is 7.11. The molecule has 7 nitrogen and oxygen atoms in total. The largest absolute Gasteiger partial charge is 0.457 e. The predicted molar refractivity (Wildman–Crippen MR) is 98.9 cm³/mol. The summed E-state index contributed by atoms with van der Waals surface area (Å²) >= 11 is 1.48. The summed E-state index contributed by atoms with van der Waals surface area (Å²) in [6.07, 6.45) is 0.430. The Kier molecular flexibility index (Phi) is 10.6. The van der Waals surface area contributed by atoms with Crippen LogP contribution in [0.1, 0.15) is 20.8 Å². The molecule has 0 aromatic rings. The summed E-state index contributed by atoms with van der Waals surface area (Å²) in [6.45, 7) is 12.6. The molecule has 0 aliphatic carbocycles. The normalized spacial score (nSPS) is 28.2. The van der Waals surface area contributed by atoms with E-state index < -0.39 is 41.8 Å². The van der Waals surface area contributed by atoms with Crippen LogP contribution in [0.15, 0.2) is 25.3 Å². The monoisotopic (exact) mass is 388 g/mol. The first-order valence-electron chi connectivity index (χ1n) is 8.47. The standard InChI is InChI=1S/C18H28O7S/c1-6-9-21-11-14-15(23-12(4)19)16(22-10-7-2)17(24-13(5)20)18(25-14)26-8-3/h6-7,14-18H,1-2,8-11H2,3-5H3/t14-,15-,16+,17-,18+/m1/s1. The molecule has 0 bridgehead atoms. The Morgan fingerprint density at radius 3 is 2.19 bits per heavy atom. The first-order valence-corrected chi connectivity index (χ1v) is 9.52. The lowest BCUT2D eigenvalue weighted by molar-refractivity contribution is -0.238. The Bertz CT molecular complexity index is 482. The SMILES string of the molecule is C=CCOC[C@H]1O[C@@H](SCC)[C@H](OC(C)=O)[C@@H](OCC=C)[C@@H]1OC(C)=O. The Hall–Kier alpha value is -1.35. The first-order chi connectivity index (χ1) is 12.4. The molecule has 0 N–H and O–H groups in total. The molecule has 1 heterocycles. The average molecular weight is 388 g/mol. The fraction of sp³-hybridized carbons (Fsp3) is 0.667. The first kappa shape index (κ1) is 22.7. The minimum Gasteiger partial charge on any atom is -0.457 e. The molecule has 5 atom stereocenters. The van der Waals surface area contributed by atoms with Crippen molar-refractivity contribution in [3.63, 3.8) is 0 Å². The van der Waals surface area contributed by atoms with Crippen LogP contribution in [0, 0.1) is 0 Å². The number of esters is 2. The molecule has 8 heteroatoms. The van der Waals surface area contributed by atoms with Crippen LogP contribution >= 0.6 is 11.8 Å². The van der Waals surface area contributed by atoms with Crippen molar-refractivity contribution in [2.45, 2.75) is 50.6 Å². The van der Waals surface area contributed by atoms with E-state index in [4.69, 9.17) is 23.7 Å². The minimum absolute atomic E-state index is 0.186. The second-order valence-electron chi connectivity index (χ2n) is 5.56. The van der Waals surface area contributed by atoms with Gasteiger partial charge in [-0.2, -0.15) is 0 Å². The molecule has 0 aromatic carbocycles. The maximum Gasteiger partial charge on any atom is 0.303 e. The van der Waals surface area contributed by atoms with Crippen molar-refractivity contribution < 1.29 is 33.3 Å². The average Bonchev–Trinajstić information content (AvgIpc) is 2.57. The van der Waals surface area contributed by atoms with E-state index in [1.54, 1.807) is 12.2 Å². The summed E-state index contributed by atoms with van der Waals surface area (Å²) in [5.74, 6) is -0.201. The lowest BCUT2D eigenvalue weighted by Gasteiger charge is -2.44. The molecule has 148 valence electrons. The molecule has 1 aliphatic rings. The van der Waals surface area contributed by atoms with Gasteiger partial charge in [-0.25, -0.2) is 0 Å². The van der Waals surface area contributed by atoms with Crippen molar-refractivity contribution in [1.82, 2.24) is 0 Å². The predicted octanol–water partition coefficient (Wildman–Crippen LogP) is 2.10. The lowest BCUT2D eigenvalue weighted by Crippen LogP contribution is -2.61. The van der Waals surface area contributed by atoms with E-state index >= 15 is 0 Å². The summed E-state index contributed by atoms with van der Waals surface area (Å²) in [4.78, 5) is 23.2. The smallest absolute Gasteiger partial charge is 0.303 e. The van der Waals surface area contributed by atoms with Gasteiger partial charge in [0.15, 0.2) is 12.2 Å². The molecule has 0 spiro atoms. The van der Waals surface area contributed by atoms with Gasteiger partial charge in [0.05, 0.1) is 19.8 Å². The molecular weight excluding hydrogens is 360 g/mol. The van der Waals surface area contributed by atoms with E-state index in [0.29, 0.717) is 6.61 Å². The van der Waals surface area contributed by atoms with Crippen molar-refractivity contribution in [3.05, 3.63) is 25.3 Å². The highest BCUT2D eigenvalue weighted by Gasteiger charge is 2.50. The van der Waals surface area contributed by atoms with Gasteiger partial charge in [-0.15, -0.1) is 24.9 Å². The quantitative estimate of drug-likeness (QED) is 0.302. The molecule has 1 saturated heterocycles. The number of carbonyl (C=O) groups excluding carboxylic acids is 2. The number of carbonyl (C=O) groups is 2. The van der Waals surface area contributed by atoms with Gasteiger partial charge >= 0.3 is 11.9 Å². The Morgan fingerprint density at radius 2 is 1.65 bits per heavy atom. The van der Waals surface area contributed by atoms with E-state index in [2.05, 4.69) is 13.2 Å². The van der Waals surface area contributed by atoms with E-state index in [1.807, 2.05) is 6.92 Å². The number of hydrogen-bond donors (Lipinski definition) is 0. The number of thioether (sulfide) groups is 1. The maximum atomic E-state index is 11.6. The second-order valence-corrected chi connectivity index (χ2v) is 6.93. The summed E-state index contributed by atoms with van der Waals surface area (Å²) in [7, 11) is 0. The van der Waals surface area contributed by atoms with Crippen LogP contribution in [0.4, 0.5) is 0 Å². The van der Waals surface area contributed by atoms with E-state index in [9.17, 15) is 9.59 Å². The van der Waals surface area contributed by atoms with Gasteiger partial charge in [-0.1, -0.05) is 19.1 Å². The topological polar surface area (TPSA) is 80.3 Å². The molecule has 26 heavy (non-hydrogen) atoms. The van der Waals surface area contributed by atoms with Crippen LogP contribution < -0.4 is 0 Å². The van der Waals surface area contributed by atoms with Crippen molar-refractivity contribution in [1.29, 1.82) is 0 Å². The zero-order valence-corrected chi connectivity index (χ0v) is 16.4. The Labute approximate surface area is 159 Å². The van der Waals surface area contributed by atoms with Gasteiger partial charge in [0.25, 0.3) is 0 Å². The number of ether oxygens (including phenoxy) is 5. The third-order valence-corrected chi connectivity index (χ3v) is 4.49. The number of rotatable bonds is 11. The molecule has 0 saturated carbocycles. The third-order valence-electron chi connectivity index (χ3n) is 3.45. The van der Waals surface area contributed by atoms with Gasteiger partial charge in [0.2, 0.25) is 0 Å². The fourth-order valence-corrected chi connectivity index (χ4v) is 3.55. The molecule has 0 aromatic heterocycles. The number of hydrogen-bond acceptors (Lipinski definition) is 8. The molecular formula is C18H28O7S. The van der Waals surface area contributed by atoms with Gasteiger partial charge in [-0.05, 0) is 5.75 Å². The van der Waals surface area contributed by atoms with Crippen LogP contribution in [0.5, 0.6) is 0 Å². The van der Waals surface area contributed by atoms with Crippen LogP contribution in [-0.2, 0) is 33.3 Å². The lowest BCUT2D eigenvalue weighted by atomic mass is 9.99. The van der Waals surface area contributed by atoms with Crippen LogP contribution in [0.25, 0.3) is 0 Å². The van der Waals surface area contributed by atoms with Crippen molar-refractivity contribution >= 4 is 23.7 Å².